The molecule has 3 nitrogen and oxygen atoms in total. The van der Waals surface area contributed by atoms with Gasteiger partial charge in [0, 0.05) is 6.54 Å². The van der Waals surface area contributed by atoms with Crippen molar-refractivity contribution in [2.75, 3.05) is 13.1 Å². The van der Waals surface area contributed by atoms with Gasteiger partial charge in [0.1, 0.15) is 0 Å². The summed E-state index contributed by atoms with van der Waals surface area (Å²) in [5.41, 5.74) is 8.55. The number of guanidine groups is 1. The first-order valence-corrected chi connectivity index (χ1v) is 6.28. The van der Waals surface area contributed by atoms with Gasteiger partial charge < -0.3 is 10.6 Å². The highest BCUT2D eigenvalue weighted by Crippen LogP contribution is 2.35. The molecule has 1 unspecified atom stereocenters. The van der Waals surface area contributed by atoms with Gasteiger partial charge in [0.25, 0.3) is 0 Å². The third kappa shape index (κ3) is 1.79. The van der Waals surface area contributed by atoms with Crippen LogP contribution in [-0.2, 0) is 5.54 Å². The number of nitrogens with zero attached hydrogens (tertiary/aromatic N) is 2. The summed E-state index contributed by atoms with van der Waals surface area (Å²) in [5.74, 6) is 0.676. The van der Waals surface area contributed by atoms with E-state index in [2.05, 4.69) is 54.9 Å². The summed E-state index contributed by atoms with van der Waals surface area (Å²) in [7, 11) is 0. The molecular formula is C14H21N3. The number of aryl methyl sites for hydroxylation is 1. The van der Waals surface area contributed by atoms with Gasteiger partial charge in [-0.1, -0.05) is 36.8 Å². The van der Waals surface area contributed by atoms with Crippen LogP contribution in [0.3, 0.4) is 0 Å². The van der Waals surface area contributed by atoms with Crippen LogP contribution in [0.15, 0.2) is 29.3 Å². The van der Waals surface area contributed by atoms with Crippen molar-refractivity contribution < 1.29 is 0 Å². The molecule has 0 aromatic heterocycles. The average Bonchev–Trinajstić information content (AvgIpc) is 2.67. The highest BCUT2D eigenvalue weighted by molar-refractivity contribution is 5.81. The van der Waals surface area contributed by atoms with Crippen molar-refractivity contribution in [2.45, 2.75) is 32.7 Å². The molecule has 92 valence electrons. The van der Waals surface area contributed by atoms with Crippen molar-refractivity contribution >= 4 is 5.96 Å². The van der Waals surface area contributed by atoms with Crippen LogP contribution in [0, 0.1) is 6.92 Å². The van der Waals surface area contributed by atoms with Gasteiger partial charge in [-0.25, -0.2) is 0 Å². The summed E-state index contributed by atoms with van der Waals surface area (Å²) in [5, 5.41) is 0. The summed E-state index contributed by atoms with van der Waals surface area (Å²) >= 11 is 0. The lowest BCUT2D eigenvalue weighted by Gasteiger charge is -2.38. The van der Waals surface area contributed by atoms with E-state index in [1.54, 1.807) is 0 Å². The normalized spacial score (nSPS) is 23.9. The van der Waals surface area contributed by atoms with Gasteiger partial charge in [-0.05, 0) is 25.8 Å². The minimum atomic E-state index is -0.0352. The van der Waals surface area contributed by atoms with Crippen LogP contribution >= 0.6 is 0 Å². The number of hydrogen-bond acceptors (Lipinski definition) is 3. The van der Waals surface area contributed by atoms with Crippen LogP contribution in [0.5, 0.6) is 0 Å². The molecule has 1 aromatic carbocycles. The zero-order chi connectivity index (χ0) is 12.5. The summed E-state index contributed by atoms with van der Waals surface area (Å²) < 4.78 is 0. The fraction of sp³-hybridized carbons (Fsp3) is 0.500. The quantitative estimate of drug-likeness (QED) is 0.867. The third-order valence-corrected chi connectivity index (χ3v) is 3.79. The van der Waals surface area contributed by atoms with Gasteiger partial charge in [0.2, 0.25) is 0 Å². The van der Waals surface area contributed by atoms with E-state index >= 15 is 0 Å². The maximum atomic E-state index is 5.98. The van der Waals surface area contributed by atoms with Gasteiger partial charge >= 0.3 is 0 Å². The summed E-state index contributed by atoms with van der Waals surface area (Å²) in [6, 6.07) is 8.73. The summed E-state index contributed by atoms with van der Waals surface area (Å²) in [6.45, 7) is 8.12. The number of hydrogen-bond donors (Lipinski definition) is 1. The van der Waals surface area contributed by atoms with Gasteiger partial charge in [-0.15, -0.1) is 0 Å². The van der Waals surface area contributed by atoms with E-state index in [0.29, 0.717) is 5.96 Å². The van der Waals surface area contributed by atoms with Crippen molar-refractivity contribution in [2.24, 2.45) is 10.7 Å². The molecule has 0 aliphatic carbocycles. The zero-order valence-corrected chi connectivity index (χ0v) is 10.9. The minimum absolute atomic E-state index is 0.0352. The molecule has 0 saturated carbocycles. The van der Waals surface area contributed by atoms with Crippen molar-refractivity contribution in [3.63, 3.8) is 0 Å². The smallest absolute Gasteiger partial charge is 0.192 e. The van der Waals surface area contributed by atoms with E-state index in [0.717, 1.165) is 19.5 Å². The van der Waals surface area contributed by atoms with E-state index in [-0.39, 0.29) is 5.54 Å². The highest BCUT2D eigenvalue weighted by Gasteiger charge is 2.41. The predicted molar refractivity (Wildman–Crippen MR) is 72.0 cm³/mol. The molecule has 1 aromatic rings. The van der Waals surface area contributed by atoms with Crippen LogP contribution in [0.25, 0.3) is 0 Å². The Labute approximate surface area is 103 Å². The molecule has 1 aliphatic heterocycles. The highest BCUT2D eigenvalue weighted by atomic mass is 15.4. The van der Waals surface area contributed by atoms with Crippen molar-refractivity contribution in [3.8, 4) is 0 Å². The number of benzene rings is 1. The molecule has 2 rings (SSSR count). The molecule has 1 atom stereocenters. The Morgan fingerprint density at radius 1 is 1.29 bits per heavy atom. The largest absolute Gasteiger partial charge is 0.370 e. The molecule has 0 radical (unpaired) electrons. The first-order valence-electron chi connectivity index (χ1n) is 6.28. The minimum Gasteiger partial charge on any atom is -0.370 e. The Bertz CT molecular complexity index is 422. The van der Waals surface area contributed by atoms with Crippen LogP contribution < -0.4 is 5.73 Å². The molecule has 0 saturated heterocycles. The Kier molecular flexibility index (Phi) is 3.09. The zero-order valence-electron chi connectivity index (χ0n) is 10.9. The van der Waals surface area contributed by atoms with Crippen LogP contribution in [0.4, 0.5) is 0 Å². The standard InChI is InChI=1S/C14H21N3/c1-4-14(10-16-13(15)17(14)5-2)12-8-6-11(3)7-9-12/h6-9H,4-5,10H2,1-3H3,(H2,15,16). The number of aliphatic imine (C=N–C) groups is 1. The first-order chi connectivity index (χ1) is 8.14. The lowest BCUT2D eigenvalue weighted by atomic mass is 9.86. The summed E-state index contributed by atoms with van der Waals surface area (Å²) in [6.07, 6.45) is 1.02. The second-order valence-corrected chi connectivity index (χ2v) is 4.67. The van der Waals surface area contributed by atoms with Crippen LogP contribution in [0.2, 0.25) is 0 Å². The van der Waals surface area contributed by atoms with Gasteiger partial charge in [-0.2, -0.15) is 0 Å². The predicted octanol–water partition coefficient (Wildman–Crippen LogP) is 2.25. The molecule has 0 bridgehead atoms. The van der Waals surface area contributed by atoms with Gasteiger partial charge in [0.15, 0.2) is 5.96 Å². The molecular weight excluding hydrogens is 210 g/mol. The van der Waals surface area contributed by atoms with Gasteiger partial charge in [0.05, 0.1) is 12.1 Å². The van der Waals surface area contributed by atoms with E-state index in [9.17, 15) is 0 Å². The van der Waals surface area contributed by atoms with E-state index in [1.165, 1.54) is 11.1 Å². The molecule has 1 aliphatic rings. The molecule has 2 N–H and O–H groups in total. The van der Waals surface area contributed by atoms with Crippen molar-refractivity contribution in [1.82, 2.24) is 4.90 Å². The molecule has 0 fully saturated rings. The first kappa shape index (κ1) is 12.0. The SMILES string of the molecule is CCN1C(N)=NCC1(CC)c1ccc(C)cc1. The van der Waals surface area contributed by atoms with Crippen molar-refractivity contribution in [1.29, 1.82) is 0 Å². The third-order valence-electron chi connectivity index (χ3n) is 3.79. The maximum absolute atomic E-state index is 5.98. The molecule has 17 heavy (non-hydrogen) atoms. The lowest BCUT2D eigenvalue weighted by molar-refractivity contribution is 0.202. The van der Waals surface area contributed by atoms with E-state index < -0.39 is 0 Å². The molecule has 1 heterocycles. The number of likely N-dealkylation sites (N-methyl/N-ethyl adjacent to an activating group) is 1. The monoisotopic (exact) mass is 231 g/mol. The maximum Gasteiger partial charge on any atom is 0.192 e. The fourth-order valence-electron chi connectivity index (χ4n) is 2.68. The Balaban J connectivity index is 2.42. The average molecular weight is 231 g/mol. The topological polar surface area (TPSA) is 41.6 Å². The Hall–Kier alpha value is -1.51. The lowest BCUT2D eigenvalue weighted by Crippen LogP contribution is -2.48. The molecule has 0 amide bonds. The number of rotatable bonds is 3. The van der Waals surface area contributed by atoms with Crippen molar-refractivity contribution in [3.05, 3.63) is 35.4 Å². The Morgan fingerprint density at radius 2 is 1.94 bits per heavy atom. The molecule has 3 heteroatoms. The Morgan fingerprint density at radius 3 is 2.47 bits per heavy atom. The second-order valence-electron chi connectivity index (χ2n) is 4.67. The second kappa shape index (κ2) is 4.40. The van der Waals surface area contributed by atoms with Crippen LogP contribution in [-0.4, -0.2) is 23.9 Å². The fourth-order valence-corrected chi connectivity index (χ4v) is 2.68. The van der Waals surface area contributed by atoms with E-state index in [1.807, 2.05) is 0 Å². The van der Waals surface area contributed by atoms with Gasteiger partial charge in [-0.3, -0.25) is 4.99 Å². The van der Waals surface area contributed by atoms with E-state index in [4.69, 9.17) is 5.73 Å². The molecule has 0 spiro atoms. The number of nitrogens with two attached hydrogens (primary N) is 1. The van der Waals surface area contributed by atoms with Crippen LogP contribution in [0.1, 0.15) is 31.4 Å². The summed E-state index contributed by atoms with van der Waals surface area (Å²) in [4.78, 5) is 6.65.